The Morgan fingerprint density at radius 3 is 2.35 bits per heavy atom. The molecule has 17 heavy (non-hydrogen) atoms. The molecule has 0 aliphatic rings. The first-order valence-corrected chi connectivity index (χ1v) is 6.00. The summed E-state index contributed by atoms with van der Waals surface area (Å²) in [6.07, 6.45) is 3.67. The summed E-state index contributed by atoms with van der Waals surface area (Å²) in [4.78, 5) is 23.3. The Balaban J connectivity index is 2.93. The summed E-state index contributed by atoms with van der Waals surface area (Å²) < 4.78 is 2.58. The molecule has 0 radical (unpaired) electrons. The standard InChI is InChI=1S/C12H21N3O2/c1-5-10(6-2)13-7-9-8-14(3)12(17)15(4)11(9)16/h8,10,13H,5-7H2,1-4H3. The Kier molecular flexibility index (Phi) is 4.69. The van der Waals surface area contributed by atoms with E-state index in [1.165, 1.54) is 11.6 Å². The molecule has 5 heteroatoms. The Hall–Kier alpha value is -1.36. The van der Waals surface area contributed by atoms with Gasteiger partial charge in [-0.3, -0.25) is 9.36 Å². The van der Waals surface area contributed by atoms with E-state index in [-0.39, 0.29) is 11.2 Å². The third-order valence-electron chi connectivity index (χ3n) is 3.08. The summed E-state index contributed by atoms with van der Waals surface area (Å²) in [6.45, 7) is 4.73. The maximum absolute atomic E-state index is 11.8. The quantitative estimate of drug-likeness (QED) is 0.807. The van der Waals surface area contributed by atoms with Gasteiger partial charge in [-0.15, -0.1) is 0 Å². The van der Waals surface area contributed by atoms with Crippen molar-refractivity contribution in [3.05, 3.63) is 32.6 Å². The molecule has 96 valence electrons. The number of rotatable bonds is 5. The number of hydrogen-bond donors (Lipinski definition) is 1. The van der Waals surface area contributed by atoms with Gasteiger partial charge in [0.15, 0.2) is 0 Å². The highest BCUT2D eigenvalue weighted by molar-refractivity contribution is 5.05. The first-order valence-electron chi connectivity index (χ1n) is 6.00. The van der Waals surface area contributed by atoms with Crippen LogP contribution < -0.4 is 16.6 Å². The molecule has 0 atom stereocenters. The number of nitrogens with one attached hydrogen (secondary N) is 1. The first kappa shape index (κ1) is 13.7. The summed E-state index contributed by atoms with van der Waals surface area (Å²) in [5.74, 6) is 0. The van der Waals surface area contributed by atoms with Gasteiger partial charge in [0.25, 0.3) is 5.56 Å². The molecule has 0 aromatic carbocycles. The molecule has 5 nitrogen and oxygen atoms in total. The molecule has 0 unspecified atom stereocenters. The second kappa shape index (κ2) is 5.82. The zero-order chi connectivity index (χ0) is 13.0. The van der Waals surface area contributed by atoms with Gasteiger partial charge in [-0.1, -0.05) is 13.8 Å². The maximum Gasteiger partial charge on any atom is 0.330 e. The number of aromatic nitrogens is 2. The minimum atomic E-state index is -0.290. The topological polar surface area (TPSA) is 56.0 Å². The zero-order valence-electron chi connectivity index (χ0n) is 11.0. The van der Waals surface area contributed by atoms with Crippen molar-refractivity contribution in [1.29, 1.82) is 0 Å². The summed E-state index contributed by atoms with van der Waals surface area (Å²) in [5.41, 5.74) is 0.120. The van der Waals surface area contributed by atoms with Gasteiger partial charge in [0.1, 0.15) is 0 Å². The van der Waals surface area contributed by atoms with Crippen molar-refractivity contribution in [1.82, 2.24) is 14.5 Å². The second-order valence-corrected chi connectivity index (χ2v) is 4.31. The fourth-order valence-electron chi connectivity index (χ4n) is 1.84. The van der Waals surface area contributed by atoms with Crippen LogP contribution in [0, 0.1) is 0 Å². The molecule has 1 N–H and O–H groups in total. The molecule has 1 aromatic heterocycles. The predicted octanol–water partition coefficient (Wildman–Crippen LogP) is 0.362. The molecule has 0 spiro atoms. The van der Waals surface area contributed by atoms with Crippen LogP contribution in [0.2, 0.25) is 0 Å². The van der Waals surface area contributed by atoms with Gasteiger partial charge >= 0.3 is 5.69 Å². The second-order valence-electron chi connectivity index (χ2n) is 4.31. The normalized spacial score (nSPS) is 11.1. The van der Waals surface area contributed by atoms with Crippen molar-refractivity contribution in [2.75, 3.05) is 0 Å². The van der Waals surface area contributed by atoms with Crippen molar-refractivity contribution < 1.29 is 0 Å². The van der Waals surface area contributed by atoms with Crippen molar-refractivity contribution in [2.24, 2.45) is 14.1 Å². The average molecular weight is 239 g/mol. The molecule has 0 saturated carbocycles. The smallest absolute Gasteiger partial charge is 0.310 e. The summed E-state index contributed by atoms with van der Waals surface area (Å²) >= 11 is 0. The molecule has 0 bridgehead atoms. The van der Waals surface area contributed by atoms with Gasteiger partial charge in [-0.05, 0) is 12.8 Å². The van der Waals surface area contributed by atoms with E-state index in [0.29, 0.717) is 18.2 Å². The van der Waals surface area contributed by atoms with Crippen molar-refractivity contribution in [3.8, 4) is 0 Å². The van der Waals surface area contributed by atoms with Crippen LogP contribution in [0.5, 0.6) is 0 Å². The molecule has 0 amide bonds. The van der Waals surface area contributed by atoms with Gasteiger partial charge in [0, 0.05) is 38.4 Å². The molecular formula is C12H21N3O2. The van der Waals surface area contributed by atoms with Crippen LogP contribution in [-0.2, 0) is 20.6 Å². The minimum Gasteiger partial charge on any atom is -0.310 e. The van der Waals surface area contributed by atoms with E-state index in [2.05, 4.69) is 19.2 Å². The Labute approximate surface area is 101 Å². The number of aryl methyl sites for hydroxylation is 1. The predicted molar refractivity (Wildman–Crippen MR) is 68.1 cm³/mol. The fourth-order valence-corrected chi connectivity index (χ4v) is 1.84. The van der Waals surface area contributed by atoms with Crippen LogP contribution in [0.15, 0.2) is 15.8 Å². The first-order chi connectivity index (χ1) is 8.01. The molecule has 0 fully saturated rings. The van der Waals surface area contributed by atoms with Crippen LogP contribution >= 0.6 is 0 Å². The Morgan fingerprint density at radius 1 is 1.24 bits per heavy atom. The molecule has 0 aliphatic heterocycles. The van der Waals surface area contributed by atoms with Gasteiger partial charge in [-0.2, -0.15) is 0 Å². The third-order valence-corrected chi connectivity index (χ3v) is 3.08. The molecule has 0 aliphatic carbocycles. The summed E-state index contributed by atoms with van der Waals surface area (Å²) in [5, 5.41) is 3.32. The van der Waals surface area contributed by atoms with E-state index in [1.54, 1.807) is 13.2 Å². The molecular weight excluding hydrogens is 218 g/mol. The number of nitrogens with zero attached hydrogens (tertiary/aromatic N) is 2. The molecule has 1 rings (SSSR count). The van der Waals surface area contributed by atoms with E-state index in [0.717, 1.165) is 17.4 Å². The summed E-state index contributed by atoms with van der Waals surface area (Å²) in [6, 6.07) is 0.414. The fraction of sp³-hybridized carbons (Fsp3) is 0.667. The van der Waals surface area contributed by atoms with Gasteiger partial charge in [0.2, 0.25) is 0 Å². The van der Waals surface area contributed by atoms with E-state index in [4.69, 9.17) is 0 Å². The lowest BCUT2D eigenvalue weighted by Gasteiger charge is -2.15. The third kappa shape index (κ3) is 3.06. The lowest BCUT2D eigenvalue weighted by molar-refractivity contribution is 0.479. The minimum absolute atomic E-state index is 0.216. The largest absolute Gasteiger partial charge is 0.330 e. The maximum atomic E-state index is 11.8. The lowest BCUT2D eigenvalue weighted by atomic mass is 10.1. The monoisotopic (exact) mass is 239 g/mol. The van der Waals surface area contributed by atoms with Gasteiger partial charge in [0.05, 0.1) is 0 Å². The highest BCUT2D eigenvalue weighted by Crippen LogP contribution is 1.97. The highest BCUT2D eigenvalue weighted by Gasteiger charge is 2.08. The van der Waals surface area contributed by atoms with Crippen LogP contribution in [0.4, 0.5) is 0 Å². The highest BCUT2D eigenvalue weighted by atomic mass is 16.2. The molecule has 0 saturated heterocycles. The van der Waals surface area contributed by atoms with Crippen molar-refractivity contribution in [2.45, 2.75) is 39.3 Å². The van der Waals surface area contributed by atoms with Gasteiger partial charge < -0.3 is 9.88 Å². The van der Waals surface area contributed by atoms with Gasteiger partial charge in [-0.25, -0.2) is 4.79 Å². The van der Waals surface area contributed by atoms with Crippen LogP contribution in [-0.4, -0.2) is 15.2 Å². The van der Waals surface area contributed by atoms with Crippen LogP contribution in [0.1, 0.15) is 32.3 Å². The van der Waals surface area contributed by atoms with Crippen molar-refractivity contribution in [3.63, 3.8) is 0 Å². The van der Waals surface area contributed by atoms with Crippen LogP contribution in [0.25, 0.3) is 0 Å². The van der Waals surface area contributed by atoms with Crippen molar-refractivity contribution >= 4 is 0 Å². The Bertz CT molecular complexity index is 484. The molecule has 1 aromatic rings. The van der Waals surface area contributed by atoms with E-state index >= 15 is 0 Å². The zero-order valence-corrected chi connectivity index (χ0v) is 11.0. The number of hydrogen-bond acceptors (Lipinski definition) is 3. The Morgan fingerprint density at radius 2 is 1.82 bits per heavy atom. The lowest BCUT2D eigenvalue weighted by Crippen LogP contribution is -2.40. The van der Waals surface area contributed by atoms with Crippen LogP contribution in [0.3, 0.4) is 0 Å². The van der Waals surface area contributed by atoms with E-state index < -0.39 is 0 Å². The SMILES string of the molecule is CCC(CC)NCc1cn(C)c(=O)n(C)c1=O. The summed E-state index contributed by atoms with van der Waals surface area (Å²) in [7, 11) is 3.16. The average Bonchev–Trinajstić information content (AvgIpc) is 2.33. The molecule has 1 heterocycles. The van der Waals surface area contributed by atoms with E-state index in [1.807, 2.05) is 0 Å². The van der Waals surface area contributed by atoms with E-state index in [9.17, 15) is 9.59 Å².